The topological polar surface area (TPSA) is 15.3 Å². The highest BCUT2D eigenvalue weighted by Gasteiger charge is 2.33. The summed E-state index contributed by atoms with van der Waals surface area (Å²) < 4.78 is 0. The molecule has 0 spiro atoms. The Kier molecular flexibility index (Phi) is 2.61. The summed E-state index contributed by atoms with van der Waals surface area (Å²) in [4.78, 5) is 2.69. The van der Waals surface area contributed by atoms with Gasteiger partial charge in [-0.3, -0.25) is 4.90 Å². The van der Waals surface area contributed by atoms with E-state index in [9.17, 15) is 0 Å². The molecule has 1 saturated carbocycles. The van der Waals surface area contributed by atoms with E-state index in [4.69, 9.17) is 0 Å². The van der Waals surface area contributed by atoms with Gasteiger partial charge < -0.3 is 5.32 Å². The van der Waals surface area contributed by atoms with E-state index in [1.165, 1.54) is 45.3 Å². The molecule has 0 radical (unpaired) electrons. The van der Waals surface area contributed by atoms with Crippen molar-refractivity contribution in [3.8, 4) is 0 Å². The summed E-state index contributed by atoms with van der Waals surface area (Å²) in [6, 6.07) is 0.930. The lowest BCUT2D eigenvalue weighted by molar-refractivity contribution is 0.173. The minimum Gasteiger partial charge on any atom is -0.311 e. The van der Waals surface area contributed by atoms with E-state index >= 15 is 0 Å². The number of hydrogen-bond donors (Lipinski definition) is 1. The molecule has 2 heteroatoms. The largest absolute Gasteiger partial charge is 0.311 e. The molecule has 0 aromatic rings. The van der Waals surface area contributed by atoms with Gasteiger partial charge in [0.25, 0.3) is 0 Å². The van der Waals surface area contributed by atoms with E-state index in [-0.39, 0.29) is 0 Å². The van der Waals surface area contributed by atoms with Crippen LogP contribution in [0.1, 0.15) is 39.5 Å². The van der Waals surface area contributed by atoms with Crippen molar-refractivity contribution >= 4 is 0 Å². The fourth-order valence-corrected chi connectivity index (χ4v) is 2.26. The maximum atomic E-state index is 3.63. The van der Waals surface area contributed by atoms with Crippen molar-refractivity contribution in [2.24, 2.45) is 0 Å². The summed E-state index contributed by atoms with van der Waals surface area (Å²) in [6.07, 6.45) is 5.60. The fourth-order valence-electron chi connectivity index (χ4n) is 2.26. The van der Waals surface area contributed by atoms with Crippen LogP contribution in [0.3, 0.4) is 0 Å². The molecular weight excluding hydrogens is 160 g/mol. The predicted octanol–water partition coefficient (Wildman–Crippen LogP) is 1.61. The van der Waals surface area contributed by atoms with Crippen LogP contribution in [0.4, 0.5) is 0 Å². The zero-order valence-electron chi connectivity index (χ0n) is 8.97. The van der Waals surface area contributed by atoms with Gasteiger partial charge in [0.2, 0.25) is 0 Å². The lowest BCUT2D eigenvalue weighted by Crippen LogP contribution is -2.51. The zero-order chi connectivity index (χ0) is 9.31. The second-order valence-electron chi connectivity index (χ2n) is 5.22. The Labute approximate surface area is 81.7 Å². The van der Waals surface area contributed by atoms with E-state index < -0.39 is 0 Å². The molecule has 1 saturated heterocycles. The summed E-state index contributed by atoms with van der Waals surface area (Å²) in [7, 11) is 0. The summed E-state index contributed by atoms with van der Waals surface area (Å²) in [6.45, 7) is 8.42. The highest BCUT2D eigenvalue weighted by molar-refractivity contribution is 4.91. The maximum Gasteiger partial charge on any atom is 0.0252 e. The molecule has 0 amide bonds. The van der Waals surface area contributed by atoms with Crippen LogP contribution in [0.25, 0.3) is 0 Å². The molecule has 0 aromatic carbocycles. The number of hydrogen-bond acceptors (Lipinski definition) is 2. The Morgan fingerprint density at radius 3 is 2.69 bits per heavy atom. The molecule has 76 valence electrons. The molecule has 1 N–H and O–H groups in total. The summed E-state index contributed by atoms with van der Waals surface area (Å²) >= 11 is 0. The Morgan fingerprint density at radius 1 is 1.23 bits per heavy atom. The number of nitrogens with zero attached hydrogens (tertiary/aromatic N) is 1. The van der Waals surface area contributed by atoms with E-state index in [0.717, 1.165) is 6.04 Å². The van der Waals surface area contributed by atoms with Crippen LogP contribution < -0.4 is 5.32 Å². The normalized spacial score (nSPS) is 30.9. The van der Waals surface area contributed by atoms with Crippen molar-refractivity contribution in [2.75, 3.05) is 19.6 Å². The van der Waals surface area contributed by atoms with Gasteiger partial charge in [-0.25, -0.2) is 0 Å². The molecule has 1 aliphatic heterocycles. The molecule has 1 heterocycles. The van der Waals surface area contributed by atoms with Crippen molar-refractivity contribution in [1.29, 1.82) is 0 Å². The van der Waals surface area contributed by atoms with Gasteiger partial charge in [-0.2, -0.15) is 0 Å². The van der Waals surface area contributed by atoms with Crippen molar-refractivity contribution in [3.05, 3.63) is 0 Å². The van der Waals surface area contributed by atoms with Gasteiger partial charge >= 0.3 is 0 Å². The van der Waals surface area contributed by atoms with Crippen LogP contribution in [-0.2, 0) is 0 Å². The van der Waals surface area contributed by atoms with E-state index in [2.05, 4.69) is 24.1 Å². The second-order valence-corrected chi connectivity index (χ2v) is 5.22. The Bertz CT molecular complexity index is 173. The molecule has 2 aliphatic rings. The summed E-state index contributed by atoms with van der Waals surface area (Å²) in [5, 5.41) is 3.63. The first-order valence-electron chi connectivity index (χ1n) is 5.66. The Balaban J connectivity index is 1.93. The fraction of sp³-hybridized carbons (Fsp3) is 1.00. The SMILES string of the molecule is CC1(C)CN(C2CC2)CCCCN1. The first kappa shape index (κ1) is 9.47. The van der Waals surface area contributed by atoms with Crippen molar-refractivity contribution in [2.45, 2.75) is 51.1 Å². The lowest BCUT2D eigenvalue weighted by atomic mass is 10.0. The third kappa shape index (κ3) is 2.68. The first-order valence-corrected chi connectivity index (χ1v) is 5.66. The minimum atomic E-state index is 0.322. The molecule has 2 nitrogen and oxygen atoms in total. The van der Waals surface area contributed by atoms with Crippen LogP contribution in [0.15, 0.2) is 0 Å². The van der Waals surface area contributed by atoms with Crippen molar-refractivity contribution in [3.63, 3.8) is 0 Å². The van der Waals surface area contributed by atoms with E-state index in [1.807, 2.05) is 0 Å². The molecular formula is C11H22N2. The smallest absolute Gasteiger partial charge is 0.0252 e. The van der Waals surface area contributed by atoms with Crippen molar-refractivity contribution < 1.29 is 0 Å². The van der Waals surface area contributed by atoms with Gasteiger partial charge in [-0.15, -0.1) is 0 Å². The van der Waals surface area contributed by atoms with Crippen LogP contribution >= 0.6 is 0 Å². The van der Waals surface area contributed by atoms with Crippen LogP contribution in [-0.4, -0.2) is 36.1 Å². The lowest BCUT2D eigenvalue weighted by Gasteiger charge is -2.36. The highest BCUT2D eigenvalue weighted by atomic mass is 15.2. The third-order valence-corrected chi connectivity index (χ3v) is 3.14. The quantitative estimate of drug-likeness (QED) is 0.663. The standard InChI is InChI=1S/C11H22N2/c1-11(2)9-13(10-5-6-10)8-4-3-7-12-11/h10,12H,3-9H2,1-2H3. The van der Waals surface area contributed by atoms with Gasteiger partial charge in [0.05, 0.1) is 0 Å². The summed E-state index contributed by atoms with van der Waals surface area (Å²) in [5.41, 5.74) is 0.322. The molecule has 0 aromatic heterocycles. The zero-order valence-corrected chi connectivity index (χ0v) is 8.97. The number of nitrogens with one attached hydrogen (secondary N) is 1. The molecule has 2 fully saturated rings. The van der Waals surface area contributed by atoms with Gasteiger partial charge in [0, 0.05) is 18.1 Å². The van der Waals surface area contributed by atoms with Crippen LogP contribution in [0, 0.1) is 0 Å². The summed E-state index contributed by atoms with van der Waals surface area (Å²) in [5.74, 6) is 0. The molecule has 2 rings (SSSR count). The highest BCUT2D eigenvalue weighted by Crippen LogP contribution is 2.28. The average molecular weight is 182 g/mol. The second kappa shape index (κ2) is 3.58. The number of rotatable bonds is 1. The van der Waals surface area contributed by atoms with E-state index in [0.29, 0.717) is 5.54 Å². The third-order valence-electron chi connectivity index (χ3n) is 3.14. The molecule has 1 aliphatic carbocycles. The predicted molar refractivity (Wildman–Crippen MR) is 55.9 cm³/mol. The van der Waals surface area contributed by atoms with E-state index in [1.54, 1.807) is 0 Å². The van der Waals surface area contributed by atoms with Gasteiger partial charge in [0.1, 0.15) is 0 Å². The average Bonchev–Trinajstić information content (AvgIpc) is 2.79. The Morgan fingerprint density at radius 2 is 2.00 bits per heavy atom. The van der Waals surface area contributed by atoms with Crippen molar-refractivity contribution in [1.82, 2.24) is 10.2 Å². The first-order chi connectivity index (χ1) is 6.17. The molecule has 13 heavy (non-hydrogen) atoms. The van der Waals surface area contributed by atoms with Gasteiger partial charge in [0.15, 0.2) is 0 Å². The molecule has 0 bridgehead atoms. The minimum absolute atomic E-state index is 0.322. The van der Waals surface area contributed by atoms with Crippen LogP contribution in [0.2, 0.25) is 0 Å². The Hall–Kier alpha value is -0.0800. The van der Waals surface area contributed by atoms with Crippen LogP contribution in [0.5, 0.6) is 0 Å². The molecule has 0 atom stereocenters. The van der Waals surface area contributed by atoms with Gasteiger partial charge in [-0.05, 0) is 52.6 Å². The monoisotopic (exact) mass is 182 g/mol. The van der Waals surface area contributed by atoms with Gasteiger partial charge in [-0.1, -0.05) is 0 Å². The maximum absolute atomic E-state index is 3.63. The molecule has 0 unspecified atom stereocenters.